The molecule has 21 heavy (non-hydrogen) atoms. The Morgan fingerprint density at radius 2 is 1.86 bits per heavy atom. The summed E-state index contributed by atoms with van der Waals surface area (Å²) < 4.78 is 5.76. The van der Waals surface area contributed by atoms with Crippen LogP contribution < -0.4 is 0 Å². The normalized spacial score (nSPS) is 24.0. The number of hydrogen-bond donors (Lipinski definition) is 1. The molecule has 0 amide bonds. The molecule has 1 aromatic rings. The summed E-state index contributed by atoms with van der Waals surface area (Å²) in [7, 11) is 0. The molecule has 1 aromatic carbocycles. The fraction of sp³-hybridized carbons (Fsp3) is 0.684. The van der Waals surface area contributed by atoms with Crippen LogP contribution >= 0.6 is 0 Å². The predicted octanol–water partition coefficient (Wildman–Crippen LogP) is 4.78. The molecular formula is C19H30O2. The molecule has 118 valence electrons. The lowest BCUT2D eigenvalue weighted by Gasteiger charge is -2.26. The number of rotatable bonds is 5. The van der Waals surface area contributed by atoms with Gasteiger partial charge in [0.15, 0.2) is 0 Å². The predicted molar refractivity (Wildman–Crippen MR) is 87.7 cm³/mol. The molecule has 1 N–H and O–H groups in total. The van der Waals surface area contributed by atoms with Crippen molar-refractivity contribution in [3.63, 3.8) is 0 Å². The summed E-state index contributed by atoms with van der Waals surface area (Å²) in [5.74, 6) is 1.18. The molecule has 0 aromatic heterocycles. The Labute approximate surface area is 129 Å². The molecule has 3 unspecified atom stereocenters. The number of aliphatic hydroxyl groups excluding tert-OH is 1. The van der Waals surface area contributed by atoms with Crippen LogP contribution in [0.2, 0.25) is 0 Å². The molecule has 0 spiro atoms. The Morgan fingerprint density at radius 1 is 1.14 bits per heavy atom. The third-order valence-electron chi connectivity index (χ3n) is 4.79. The molecule has 1 aliphatic heterocycles. The first-order chi connectivity index (χ1) is 9.95. The SMILES string of the molecule is CCC1OCCC1C(O)c1ccc(C(C)C)cc1C(C)C. The molecule has 2 rings (SSSR count). The van der Waals surface area contributed by atoms with E-state index in [-0.39, 0.29) is 12.0 Å². The average molecular weight is 290 g/mol. The van der Waals surface area contributed by atoms with Crippen LogP contribution in [0.4, 0.5) is 0 Å². The summed E-state index contributed by atoms with van der Waals surface area (Å²) in [5.41, 5.74) is 3.74. The zero-order chi connectivity index (χ0) is 15.6. The molecule has 0 saturated carbocycles. The topological polar surface area (TPSA) is 29.5 Å². The second kappa shape index (κ2) is 6.93. The third-order valence-corrected chi connectivity index (χ3v) is 4.79. The second-order valence-electron chi connectivity index (χ2n) is 6.91. The van der Waals surface area contributed by atoms with Crippen LogP contribution in [0.1, 0.15) is 82.1 Å². The van der Waals surface area contributed by atoms with Crippen LogP contribution in [-0.2, 0) is 4.74 Å². The van der Waals surface area contributed by atoms with Gasteiger partial charge in [-0.3, -0.25) is 0 Å². The highest BCUT2D eigenvalue weighted by Crippen LogP contribution is 2.38. The Kier molecular flexibility index (Phi) is 5.45. The van der Waals surface area contributed by atoms with Crippen LogP contribution in [0.25, 0.3) is 0 Å². The van der Waals surface area contributed by atoms with Gasteiger partial charge in [-0.1, -0.05) is 52.8 Å². The molecule has 2 nitrogen and oxygen atoms in total. The van der Waals surface area contributed by atoms with E-state index in [1.165, 1.54) is 11.1 Å². The van der Waals surface area contributed by atoms with Gasteiger partial charge in [-0.15, -0.1) is 0 Å². The van der Waals surface area contributed by atoms with E-state index >= 15 is 0 Å². The van der Waals surface area contributed by atoms with E-state index in [1.54, 1.807) is 0 Å². The standard InChI is InChI=1S/C19H30O2/c1-6-18-16(9-10-21-18)19(20)15-8-7-14(12(2)3)11-17(15)13(4)5/h7-8,11-13,16,18-20H,6,9-10H2,1-5H3. The zero-order valence-electron chi connectivity index (χ0n) is 14.1. The van der Waals surface area contributed by atoms with Crippen molar-refractivity contribution in [2.24, 2.45) is 5.92 Å². The molecule has 0 bridgehead atoms. The minimum atomic E-state index is -0.406. The number of hydrogen-bond acceptors (Lipinski definition) is 2. The highest BCUT2D eigenvalue weighted by atomic mass is 16.5. The van der Waals surface area contributed by atoms with Crippen LogP contribution in [0.5, 0.6) is 0 Å². The zero-order valence-corrected chi connectivity index (χ0v) is 14.1. The van der Waals surface area contributed by atoms with Gasteiger partial charge in [0.2, 0.25) is 0 Å². The first kappa shape index (κ1) is 16.5. The molecule has 1 aliphatic rings. The summed E-state index contributed by atoms with van der Waals surface area (Å²) in [6, 6.07) is 6.59. The second-order valence-corrected chi connectivity index (χ2v) is 6.91. The van der Waals surface area contributed by atoms with Crippen LogP contribution in [-0.4, -0.2) is 17.8 Å². The van der Waals surface area contributed by atoms with E-state index < -0.39 is 6.10 Å². The Balaban J connectivity index is 2.33. The van der Waals surface area contributed by atoms with Crippen molar-refractivity contribution >= 4 is 0 Å². The van der Waals surface area contributed by atoms with Gasteiger partial charge in [0, 0.05) is 12.5 Å². The quantitative estimate of drug-likeness (QED) is 0.845. The summed E-state index contributed by atoms with van der Waals surface area (Å²) >= 11 is 0. The maximum Gasteiger partial charge on any atom is 0.0846 e. The van der Waals surface area contributed by atoms with E-state index in [2.05, 4.69) is 52.8 Å². The summed E-state index contributed by atoms with van der Waals surface area (Å²) in [6.45, 7) is 11.8. The Bertz CT molecular complexity index is 465. The molecular weight excluding hydrogens is 260 g/mol. The van der Waals surface area contributed by atoms with E-state index in [1.807, 2.05) is 0 Å². The maximum atomic E-state index is 10.9. The van der Waals surface area contributed by atoms with Gasteiger partial charge in [0.25, 0.3) is 0 Å². The molecule has 2 heteroatoms. The van der Waals surface area contributed by atoms with Crippen molar-refractivity contribution in [3.05, 3.63) is 34.9 Å². The first-order valence-corrected chi connectivity index (χ1v) is 8.39. The highest BCUT2D eigenvalue weighted by Gasteiger charge is 2.34. The van der Waals surface area contributed by atoms with E-state index in [0.29, 0.717) is 11.8 Å². The summed E-state index contributed by atoms with van der Waals surface area (Å²) in [5, 5.41) is 10.9. The summed E-state index contributed by atoms with van der Waals surface area (Å²) in [6.07, 6.45) is 1.73. The third kappa shape index (κ3) is 3.49. The largest absolute Gasteiger partial charge is 0.388 e. The summed E-state index contributed by atoms with van der Waals surface area (Å²) in [4.78, 5) is 0. The van der Waals surface area contributed by atoms with Crippen molar-refractivity contribution in [1.82, 2.24) is 0 Å². The van der Waals surface area contributed by atoms with Crippen LogP contribution in [0.15, 0.2) is 18.2 Å². The van der Waals surface area contributed by atoms with E-state index in [9.17, 15) is 5.11 Å². The van der Waals surface area contributed by atoms with Gasteiger partial charge in [0.1, 0.15) is 0 Å². The minimum Gasteiger partial charge on any atom is -0.388 e. The molecule has 1 saturated heterocycles. The molecule has 0 radical (unpaired) electrons. The minimum absolute atomic E-state index is 0.199. The molecule has 1 heterocycles. The highest BCUT2D eigenvalue weighted by molar-refractivity contribution is 5.37. The number of aliphatic hydroxyl groups is 1. The van der Waals surface area contributed by atoms with E-state index in [4.69, 9.17) is 4.74 Å². The van der Waals surface area contributed by atoms with Gasteiger partial charge in [0.05, 0.1) is 12.2 Å². The lowest BCUT2D eigenvalue weighted by Crippen LogP contribution is -2.23. The van der Waals surface area contributed by atoms with Crippen molar-refractivity contribution in [3.8, 4) is 0 Å². The number of benzene rings is 1. The Morgan fingerprint density at radius 3 is 2.43 bits per heavy atom. The van der Waals surface area contributed by atoms with Gasteiger partial charge in [-0.25, -0.2) is 0 Å². The van der Waals surface area contributed by atoms with Crippen LogP contribution in [0.3, 0.4) is 0 Å². The van der Waals surface area contributed by atoms with Crippen molar-refractivity contribution < 1.29 is 9.84 Å². The number of ether oxygens (including phenoxy) is 1. The van der Waals surface area contributed by atoms with Gasteiger partial charge in [-0.05, 0) is 41.4 Å². The van der Waals surface area contributed by atoms with Gasteiger partial charge < -0.3 is 9.84 Å². The molecule has 1 fully saturated rings. The molecule has 3 atom stereocenters. The van der Waals surface area contributed by atoms with Gasteiger partial charge in [-0.2, -0.15) is 0 Å². The monoisotopic (exact) mass is 290 g/mol. The smallest absolute Gasteiger partial charge is 0.0846 e. The van der Waals surface area contributed by atoms with Crippen LogP contribution in [0, 0.1) is 5.92 Å². The molecule has 0 aliphatic carbocycles. The van der Waals surface area contributed by atoms with Crippen molar-refractivity contribution in [1.29, 1.82) is 0 Å². The maximum absolute atomic E-state index is 10.9. The van der Waals surface area contributed by atoms with E-state index in [0.717, 1.165) is 25.0 Å². The lowest BCUT2D eigenvalue weighted by atomic mass is 9.83. The Hall–Kier alpha value is -0.860. The van der Waals surface area contributed by atoms with Crippen molar-refractivity contribution in [2.45, 2.75) is 71.5 Å². The first-order valence-electron chi connectivity index (χ1n) is 8.39. The van der Waals surface area contributed by atoms with Crippen molar-refractivity contribution in [2.75, 3.05) is 6.61 Å². The fourth-order valence-electron chi connectivity index (χ4n) is 3.40. The lowest BCUT2D eigenvalue weighted by molar-refractivity contribution is 0.0303. The fourth-order valence-corrected chi connectivity index (χ4v) is 3.40. The van der Waals surface area contributed by atoms with Gasteiger partial charge >= 0.3 is 0 Å². The average Bonchev–Trinajstić information content (AvgIpc) is 2.94.